The first-order valence-corrected chi connectivity index (χ1v) is 5.42. The van der Waals surface area contributed by atoms with Gasteiger partial charge in [-0.05, 0) is 28.1 Å². The van der Waals surface area contributed by atoms with Gasteiger partial charge in [-0.2, -0.15) is 0 Å². The molecule has 4 nitrogen and oxygen atoms in total. The molecule has 0 radical (unpaired) electrons. The topological polar surface area (TPSA) is 59.2 Å². The van der Waals surface area contributed by atoms with Gasteiger partial charge < -0.3 is 9.72 Å². The quantitative estimate of drug-likeness (QED) is 0.822. The number of hydrogen-bond acceptors (Lipinski definition) is 3. The van der Waals surface area contributed by atoms with Crippen LogP contribution in [0, 0.1) is 5.82 Å². The Labute approximate surface area is 104 Å². The standard InChI is InChI=1S/C11H7BrFNO3/c1-17-11(16)7-4-14-9-6(10(7)15)2-5(13)3-8(9)12/h2-4H,1H3,(H,14,15). The fourth-order valence-electron chi connectivity index (χ4n) is 1.52. The smallest absolute Gasteiger partial charge is 0.343 e. The average Bonchev–Trinajstić information content (AvgIpc) is 2.29. The second-order valence-electron chi connectivity index (χ2n) is 3.33. The number of halogens is 2. The van der Waals surface area contributed by atoms with E-state index in [1.54, 1.807) is 0 Å². The second kappa shape index (κ2) is 4.29. The fourth-order valence-corrected chi connectivity index (χ4v) is 2.06. The summed E-state index contributed by atoms with van der Waals surface area (Å²) in [6.45, 7) is 0. The monoisotopic (exact) mass is 299 g/mol. The first-order valence-electron chi connectivity index (χ1n) is 4.63. The first-order chi connectivity index (χ1) is 8.04. The lowest BCUT2D eigenvalue weighted by atomic mass is 10.1. The lowest BCUT2D eigenvalue weighted by Crippen LogP contribution is -2.17. The van der Waals surface area contributed by atoms with Crippen LogP contribution in [0.1, 0.15) is 10.4 Å². The third-order valence-corrected chi connectivity index (χ3v) is 2.94. The maximum atomic E-state index is 13.2. The highest BCUT2D eigenvalue weighted by Gasteiger charge is 2.14. The number of esters is 1. The Morgan fingerprint density at radius 1 is 1.47 bits per heavy atom. The van der Waals surface area contributed by atoms with E-state index in [2.05, 4.69) is 25.7 Å². The average molecular weight is 300 g/mol. The maximum Gasteiger partial charge on any atom is 0.343 e. The summed E-state index contributed by atoms with van der Waals surface area (Å²) < 4.78 is 18.1. The number of pyridine rings is 1. The molecular weight excluding hydrogens is 293 g/mol. The Bertz CT molecular complexity index is 666. The molecule has 1 N–H and O–H groups in total. The van der Waals surface area contributed by atoms with Crippen molar-refractivity contribution in [3.05, 3.63) is 44.4 Å². The number of methoxy groups -OCH3 is 1. The molecule has 0 aliphatic rings. The Morgan fingerprint density at radius 2 is 2.18 bits per heavy atom. The number of H-pyrrole nitrogens is 1. The predicted molar refractivity (Wildman–Crippen MR) is 63.6 cm³/mol. The summed E-state index contributed by atoms with van der Waals surface area (Å²) in [6, 6.07) is 2.31. The number of carbonyl (C=O) groups excluding carboxylic acids is 1. The van der Waals surface area contributed by atoms with Gasteiger partial charge in [-0.25, -0.2) is 9.18 Å². The van der Waals surface area contributed by atoms with Crippen LogP contribution in [-0.4, -0.2) is 18.1 Å². The number of rotatable bonds is 1. The number of carbonyl (C=O) groups is 1. The zero-order valence-electron chi connectivity index (χ0n) is 8.71. The van der Waals surface area contributed by atoms with Gasteiger partial charge in [0, 0.05) is 10.7 Å². The first kappa shape index (κ1) is 11.8. The number of hydrogen-bond donors (Lipinski definition) is 1. The number of fused-ring (bicyclic) bond motifs is 1. The van der Waals surface area contributed by atoms with Gasteiger partial charge in [-0.1, -0.05) is 0 Å². The van der Waals surface area contributed by atoms with Crippen molar-refractivity contribution in [3.63, 3.8) is 0 Å². The molecule has 0 amide bonds. The molecule has 0 saturated carbocycles. The summed E-state index contributed by atoms with van der Waals surface area (Å²) in [4.78, 5) is 26.0. The van der Waals surface area contributed by atoms with E-state index in [9.17, 15) is 14.0 Å². The van der Waals surface area contributed by atoms with Gasteiger partial charge in [0.25, 0.3) is 0 Å². The van der Waals surface area contributed by atoms with Crippen molar-refractivity contribution < 1.29 is 13.9 Å². The van der Waals surface area contributed by atoms with Gasteiger partial charge in [0.15, 0.2) is 0 Å². The fraction of sp³-hybridized carbons (Fsp3) is 0.0909. The maximum absolute atomic E-state index is 13.2. The van der Waals surface area contributed by atoms with E-state index in [0.29, 0.717) is 9.99 Å². The molecule has 1 aromatic carbocycles. The molecule has 0 saturated heterocycles. The van der Waals surface area contributed by atoms with Crippen LogP contribution in [0.25, 0.3) is 10.9 Å². The van der Waals surface area contributed by atoms with Crippen LogP contribution in [-0.2, 0) is 4.74 Å². The van der Waals surface area contributed by atoms with E-state index >= 15 is 0 Å². The number of benzene rings is 1. The van der Waals surface area contributed by atoms with Crippen molar-refractivity contribution in [1.82, 2.24) is 4.98 Å². The lowest BCUT2D eigenvalue weighted by molar-refractivity contribution is 0.0599. The second-order valence-corrected chi connectivity index (χ2v) is 4.19. The van der Waals surface area contributed by atoms with Crippen molar-refractivity contribution in [1.29, 1.82) is 0 Å². The number of ether oxygens (including phenoxy) is 1. The third-order valence-electron chi connectivity index (χ3n) is 2.31. The Kier molecular flexibility index (Phi) is 2.97. The van der Waals surface area contributed by atoms with E-state index in [1.165, 1.54) is 19.4 Å². The van der Waals surface area contributed by atoms with Crippen LogP contribution in [0.3, 0.4) is 0 Å². The van der Waals surface area contributed by atoms with E-state index in [-0.39, 0.29) is 10.9 Å². The molecule has 1 aromatic heterocycles. The van der Waals surface area contributed by atoms with E-state index in [1.807, 2.05) is 0 Å². The van der Waals surface area contributed by atoms with Crippen LogP contribution in [0.4, 0.5) is 4.39 Å². The molecule has 0 atom stereocenters. The van der Waals surface area contributed by atoms with Crippen LogP contribution < -0.4 is 5.43 Å². The Hall–Kier alpha value is -1.69. The highest BCUT2D eigenvalue weighted by atomic mass is 79.9. The number of nitrogens with one attached hydrogen (secondary N) is 1. The van der Waals surface area contributed by atoms with E-state index < -0.39 is 17.2 Å². The third kappa shape index (κ3) is 1.95. The van der Waals surface area contributed by atoms with E-state index in [0.717, 1.165) is 6.07 Å². The van der Waals surface area contributed by atoms with Crippen molar-refractivity contribution in [2.45, 2.75) is 0 Å². The minimum Gasteiger partial charge on any atom is -0.465 e. The molecule has 0 fully saturated rings. The van der Waals surface area contributed by atoms with Gasteiger partial charge in [0.05, 0.1) is 18.0 Å². The number of aromatic nitrogens is 1. The molecule has 2 aromatic rings. The molecule has 0 unspecified atom stereocenters. The summed E-state index contributed by atoms with van der Waals surface area (Å²) in [6.07, 6.45) is 1.25. The Balaban J connectivity index is 2.85. The molecule has 0 aliphatic heterocycles. The summed E-state index contributed by atoms with van der Waals surface area (Å²) in [5.41, 5.74) is -0.285. The summed E-state index contributed by atoms with van der Waals surface area (Å²) >= 11 is 3.13. The molecular formula is C11H7BrFNO3. The molecule has 2 rings (SSSR count). The van der Waals surface area contributed by atoms with Gasteiger partial charge in [0.2, 0.25) is 5.43 Å². The van der Waals surface area contributed by atoms with Gasteiger partial charge >= 0.3 is 5.97 Å². The molecule has 1 heterocycles. The van der Waals surface area contributed by atoms with Gasteiger partial charge in [-0.3, -0.25) is 4.79 Å². The zero-order valence-corrected chi connectivity index (χ0v) is 10.3. The normalized spacial score (nSPS) is 10.5. The molecule has 0 spiro atoms. The van der Waals surface area contributed by atoms with Crippen molar-refractivity contribution in [3.8, 4) is 0 Å². The SMILES string of the molecule is COC(=O)c1c[nH]c2c(Br)cc(F)cc2c1=O. The van der Waals surface area contributed by atoms with Crippen molar-refractivity contribution in [2.24, 2.45) is 0 Å². The van der Waals surface area contributed by atoms with Crippen molar-refractivity contribution >= 4 is 32.8 Å². The van der Waals surface area contributed by atoms with E-state index in [4.69, 9.17) is 0 Å². The minimum atomic E-state index is -0.756. The van der Waals surface area contributed by atoms with Gasteiger partial charge in [-0.15, -0.1) is 0 Å². The predicted octanol–water partition coefficient (Wildman–Crippen LogP) is 2.22. The van der Waals surface area contributed by atoms with Crippen LogP contribution in [0.2, 0.25) is 0 Å². The van der Waals surface area contributed by atoms with Crippen LogP contribution >= 0.6 is 15.9 Å². The van der Waals surface area contributed by atoms with Crippen LogP contribution in [0.5, 0.6) is 0 Å². The summed E-state index contributed by atoms with van der Waals surface area (Å²) in [7, 11) is 1.17. The van der Waals surface area contributed by atoms with Crippen molar-refractivity contribution in [2.75, 3.05) is 7.11 Å². The number of aromatic amines is 1. The largest absolute Gasteiger partial charge is 0.465 e. The highest BCUT2D eigenvalue weighted by molar-refractivity contribution is 9.10. The molecule has 0 bridgehead atoms. The molecule has 88 valence electrons. The molecule has 6 heteroatoms. The summed E-state index contributed by atoms with van der Waals surface area (Å²) in [5, 5.41) is 0.0970. The summed E-state index contributed by atoms with van der Waals surface area (Å²) in [5.74, 6) is -1.31. The Morgan fingerprint density at radius 3 is 2.82 bits per heavy atom. The zero-order chi connectivity index (χ0) is 12.6. The van der Waals surface area contributed by atoms with Crippen LogP contribution in [0.15, 0.2) is 27.6 Å². The molecule has 0 aliphatic carbocycles. The minimum absolute atomic E-state index is 0.0970. The molecule has 17 heavy (non-hydrogen) atoms. The van der Waals surface area contributed by atoms with Gasteiger partial charge in [0.1, 0.15) is 11.4 Å². The lowest BCUT2D eigenvalue weighted by Gasteiger charge is -2.03. The highest BCUT2D eigenvalue weighted by Crippen LogP contribution is 2.21.